The van der Waals surface area contributed by atoms with Gasteiger partial charge in [-0.25, -0.2) is 4.79 Å². The minimum absolute atomic E-state index is 0.0339. The maximum atomic E-state index is 12.0. The van der Waals surface area contributed by atoms with Crippen molar-refractivity contribution in [2.75, 3.05) is 26.3 Å². The zero-order valence-electron chi connectivity index (χ0n) is 11.6. The number of ether oxygens (including phenoxy) is 1. The average Bonchev–Trinajstić information content (AvgIpc) is 2.42. The Morgan fingerprint density at radius 3 is 2.84 bits per heavy atom. The van der Waals surface area contributed by atoms with E-state index in [9.17, 15) is 9.59 Å². The fourth-order valence-electron chi connectivity index (χ4n) is 2.14. The number of urea groups is 1. The van der Waals surface area contributed by atoms with Gasteiger partial charge in [0.25, 0.3) is 0 Å². The number of hydrogen-bond donors (Lipinski definition) is 2. The monoisotopic (exact) mass is 272 g/mol. The van der Waals surface area contributed by atoms with Crippen LogP contribution in [-0.2, 0) is 9.53 Å². The summed E-state index contributed by atoms with van der Waals surface area (Å²) in [7, 11) is 0. The fourth-order valence-corrected chi connectivity index (χ4v) is 2.14. The molecule has 0 aromatic carbocycles. The van der Waals surface area contributed by atoms with Crippen LogP contribution >= 0.6 is 0 Å². The molecule has 1 unspecified atom stereocenters. The van der Waals surface area contributed by atoms with Gasteiger partial charge in [-0.15, -0.1) is 0 Å². The Labute approximate surface area is 114 Å². The molecule has 0 radical (unpaired) electrons. The summed E-state index contributed by atoms with van der Waals surface area (Å²) in [5.41, 5.74) is 0. The highest BCUT2D eigenvalue weighted by Crippen LogP contribution is 2.10. The second kappa shape index (κ2) is 8.74. The molecule has 1 atom stereocenters. The highest BCUT2D eigenvalue weighted by Gasteiger charge is 2.25. The average molecular weight is 272 g/mol. The summed E-state index contributed by atoms with van der Waals surface area (Å²) in [5, 5.41) is 11.4. The Balaban J connectivity index is 2.14. The van der Waals surface area contributed by atoms with Crippen molar-refractivity contribution in [3.05, 3.63) is 0 Å². The summed E-state index contributed by atoms with van der Waals surface area (Å²) in [6.07, 6.45) is 3.41. The molecule has 2 amide bonds. The van der Waals surface area contributed by atoms with Crippen LogP contribution in [0.25, 0.3) is 0 Å². The van der Waals surface area contributed by atoms with E-state index < -0.39 is 5.97 Å². The molecule has 1 aliphatic rings. The number of carbonyl (C=O) groups is 2. The summed E-state index contributed by atoms with van der Waals surface area (Å²) in [5.74, 6) is -0.761. The fraction of sp³-hybridized carbons (Fsp3) is 0.846. The molecular formula is C13H24N2O4. The Hall–Kier alpha value is -1.30. The number of hydrogen-bond acceptors (Lipinski definition) is 3. The van der Waals surface area contributed by atoms with E-state index in [2.05, 4.69) is 5.32 Å². The molecule has 1 fully saturated rings. The first-order valence-electron chi connectivity index (χ1n) is 6.99. The molecule has 1 aliphatic heterocycles. The summed E-state index contributed by atoms with van der Waals surface area (Å²) >= 11 is 0. The van der Waals surface area contributed by atoms with Crippen molar-refractivity contribution in [2.24, 2.45) is 0 Å². The van der Waals surface area contributed by atoms with Gasteiger partial charge in [0.15, 0.2) is 0 Å². The van der Waals surface area contributed by atoms with Gasteiger partial charge < -0.3 is 20.1 Å². The molecular weight excluding hydrogens is 248 g/mol. The Morgan fingerprint density at radius 2 is 2.16 bits per heavy atom. The Morgan fingerprint density at radius 1 is 1.37 bits per heavy atom. The van der Waals surface area contributed by atoms with Crippen LogP contribution in [0.3, 0.4) is 0 Å². The lowest BCUT2D eigenvalue weighted by atomic mass is 10.2. The minimum atomic E-state index is -0.761. The van der Waals surface area contributed by atoms with Crippen LogP contribution in [-0.4, -0.2) is 54.4 Å². The van der Waals surface area contributed by atoms with Crippen molar-refractivity contribution in [2.45, 2.75) is 45.1 Å². The predicted molar refractivity (Wildman–Crippen MR) is 71.1 cm³/mol. The van der Waals surface area contributed by atoms with Gasteiger partial charge in [-0.2, -0.15) is 0 Å². The van der Waals surface area contributed by atoms with Crippen LogP contribution in [0.2, 0.25) is 0 Å². The first-order chi connectivity index (χ1) is 9.15. The number of carboxylic acid groups (broad SMARTS) is 1. The van der Waals surface area contributed by atoms with Crippen molar-refractivity contribution in [3.63, 3.8) is 0 Å². The summed E-state index contributed by atoms with van der Waals surface area (Å²) in [6.45, 7) is 4.51. The van der Waals surface area contributed by atoms with E-state index in [0.717, 1.165) is 19.3 Å². The number of carbonyl (C=O) groups excluding carboxylic acids is 1. The second-order valence-electron chi connectivity index (χ2n) is 4.77. The zero-order chi connectivity index (χ0) is 14.1. The SMILES string of the molecule is CCC1COCCN1C(=O)NCCCCCC(=O)O. The van der Waals surface area contributed by atoms with Crippen molar-refractivity contribution in [1.29, 1.82) is 0 Å². The molecule has 19 heavy (non-hydrogen) atoms. The van der Waals surface area contributed by atoms with Crippen molar-refractivity contribution in [3.8, 4) is 0 Å². The van der Waals surface area contributed by atoms with Gasteiger partial charge >= 0.3 is 12.0 Å². The van der Waals surface area contributed by atoms with E-state index in [1.807, 2.05) is 11.8 Å². The van der Waals surface area contributed by atoms with Gasteiger partial charge in [0.05, 0.1) is 19.3 Å². The Kier molecular flexibility index (Phi) is 7.25. The molecule has 6 nitrogen and oxygen atoms in total. The molecule has 1 heterocycles. The lowest BCUT2D eigenvalue weighted by Crippen LogP contribution is -2.52. The summed E-state index contributed by atoms with van der Waals surface area (Å²) in [6, 6.07) is 0.133. The van der Waals surface area contributed by atoms with E-state index in [-0.39, 0.29) is 18.5 Å². The largest absolute Gasteiger partial charge is 0.481 e. The summed E-state index contributed by atoms with van der Waals surface area (Å²) < 4.78 is 5.36. The zero-order valence-corrected chi connectivity index (χ0v) is 11.6. The van der Waals surface area contributed by atoms with Crippen LogP contribution in [0.5, 0.6) is 0 Å². The molecule has 2 N–H and O–H groups in total. The standard InChI is InChI=1S/C13H24N2O4/c1-2-11-10-19-9-8-15(11)13(18)14-7-5-3-4-6-12(16)17/h11H,2-10H2,1H3,(H,14,18)(H,16,17). The number of rotatable bonds is 7. The molecule has 0 bridgehead atoms. The number of carboxylic acids is 1. The first-order valence-corrected chi connectivity index (χ1v) is 6.99. The molecule has 110 valence electrons. The molecule has 0 saturated carbocycles. The minimum Gasteiger partial charge on any atom is -0.481 e. The third-order valence-corrected chi connectivity index (χ3v) is 3.30. The summed E-state index contributed by atoms with van der Waals surface area (Å²) in [4.78, 5) is 24.1. The lowest BCUT2D eigenvalue weighted by Gasteiger charge is -2.35. The maximum Gasteiger partial charge on any atom is 0.317 e. The topological polar surface area (TPSA) is 78.9 Å². The van der Waals surface area contributed by atoms with Crippen LogP contribution in [0.4, 0.5) is 4.79 Å². The lowest BCUT2D eigenvalue weighted by molar-refractivity contribution is -0.137. The Bertz CT molecular complexity index is 296. The van der Waals surface area contributed by atoms with E-state index in [1.54, 1.807) is 0 Å². The maximum absolute atomic E-state index is 12.0. The van der Waals surface area contributed by atoms with Gasteiger partial charge in [-0.05, 0) is 19.3 Å². The quantitative estimate of drug-likeness (QED) is 0.688. The first kappa shape index (κ1) is 15.8. The molecule has 1 rings (SSSR count). The van der Waals surface area contributed by atoms with E-state index in [4.69, 9.17) is 9.84 Å². The third-order valence-electron chi connectivity index (χ3n) is 3.30. The van der Waals surface area contributed by atoms with Crippen LogP contribution < -0.4 is 5.32 Å². The van der Waals surface area contributed by atoms with Crippen molar-refractivity contribution < 1.29 is 19.4 Å². The molecule has 0 aliphatic carbocycles. The smallest absolute Gasteiger partial charge is 0.317 e. The van der Waals surface area contributed by atoms with Crippen molar-refractivity contribution >= 4 is 12.0 Å². The predicted octanol–water partition coefficient (Wildman–Crippen LogP) is 1.45. The molecule has 0 spiro atoms. The van der Waals surface area contributed by atoms with Crippen LogP contribution in [0.1, 0.15) is 39.0 Å². The van der Waals surface area contributed by atoms with E-state index in [1.165, 1.54) is 0 Å². The number of unbranched alkanes of at least 4 members (excludes halogenated alkanes) is 2. The molecule has 1 saturated heterocycles. The molecule has 6 heteroatoms. The van der Waals surface area contributed by atoms with Gasteiger partial charge in [0.2, 0.25) is 0 Å². The number of nitrogens with zero attached hydrogens (tertiary/aromatic N) is 1. The van der Waals surface area contributed by atoms with Crippen LogP contribution in [0.15, 0.2) is 0 Å². The number of amides is 2. The highest BCUT2D eigenvalue weighted by molar-refractivity contribution is 5.74. The normalized spacial score (nSPS) is 19.2. The second-order valence-corrected chi connectivity index (χ2v) is 4.77. The number of morpholine rings is 1. The number of aliphatic carboxylic acids is 1. The number of nitrogens with one attached hydrogen (secondary N) is 1. The highest BCUT2D eigenvalue weighted by atomic mass is 16.5. The van der Waals surface area contributed by atoms with Crippen molar-refractivity contribution in [1.82, 2.24) is 10.2 Å². The van der Waals surface area contributed by atoms with E-state index in [0.29, 0.717) is 32.7 Å². The van der Waals surface area contributed by atoms with Gasteiger partial charge in [-0.1, -0.05) is 13.3 Å². The molecule has 0 aromatic rings. The van der Waals surface area contributed by atoms with Gasteiger partial charge in [0.1, 0.15) is 0 Å². The van der Waals surface area contributed by atoms with Gasteiger partial charge in [-0.3, -0.25) is 4.79 Å². The van der Waals surface area contributed by atoms with Crippen LogP contribution in [0, 0.1) is 0 Å². The molecule has 0 aromatic heterocycles. The van der Waals surface area contributed by atoms with E-state index >= 15 is 0 Å². The van der Waals surface area contributed by atoms with Gasteiger partial charge in [0, 0.05) is 19.5 Å². The third kappa shape index (κ3) is 5.92.